The van der Waals surface area contributed by atoms with Gasteiger partial charge in [-0.2, -0.15) is 0 Å². The molecule has 138 valence electrons. The first-order chi connectivity index (χ1) is 12.6. The van der Waals surface area contributed by atoms with E-state index in [2.05, 4.69) is 29.4 Å². The van der Waals surface area contributed by atoms with E-state index in [0.29, 0.717) is 17.6 Å². The molecule has 2 saturated heterocycles. The number of methoxy groups -OCH3 is 1. The Kier molecular flexibility index (Phi) is 4.39. The monoisotopic (exact) mass is 354 g/mol. The molecule has 5 nitrogen and oxygen atoms in total. The highest BCUT2D eigenvalue weighted by Crippen LogP contribution is 2.52. The van der Waals surface area contributed by atoms with E-state index < -0.39 is 5.54 Å². The highest BCUT2D eigenvalue weighted by molar-refractivity contribution is 5.44. The fraction of sp³-hybridized carbons (Fsp3) is 0.429. The van der Waals surface area contributed by atoms with Crippen molar-refractivity contribution >= 4 is 0 Å². The van der Waals surface area contributed by atoms with E-state index in [0.717, 1.165) is 24.2 Å². The van der Waals surface area contributed by atoms with Crippen LogP contribution in [0.5, 0.6) is 11.5 Å². The highest BCUT2D eigenvalue weighted by atomic mass is 16.5. The molecule has 2 aliphatic rings. The number of hydrogen-bond acceptors (Lipinski definition) is 5. The number of nitrogens with one attached hydrogen (secondary N) is 1. The van der Waals surface area contributed by atoms with Crippen LogP contribution < -0.4 is 10.1 Å². The second kappa shape index (κ2) is 6.58. The van der Waals surface area contributed by atoms with Gasteiger partial charge in [-0.15, -0.1) is 0 Å². The summed E-state index contributed by atoms with van der Waals surface area (Å²) in [5.41, 5.74) is 1.67. The van der Waals surface area contributed by atoms with Gasteiger partial charge in [0.2, 0.25) is 0 Å². The number of phenols is 1. The molecule has 5 heteroatoms. The number of rotatable bonds is 4. The summed E-state index contributed by atoms with van der Waals surface area (Å²) in [6.07, 6.45) is 0. The maximum absolute atomic E-state index is 10.5. The Bertz CT molecular complexity index is 782. The molecule has 0 amide bonds. The zero-order chi connectivity index (χ0) is 18.3. The van der Waals surface area contributed by atoms with Gasteiger partial charge in [0, 0.05) is 36.7 Å². The number of ether oxygens (including phenoxy) is 1. The molecule has 4 atom stereocenters. The van der Waals surface area contributed by atoms with Crippen molar-refractivity contribution in [1.82, 2.24) is 10.2 Å². The first-order valence-corrected chi connectivity index (χ1v) is 9.08. The fourth-order valence-electron chi connectivity index (χ4n) is 4.94. The van der Waals surface area contributed by atoms with Crippen LogP contribution in [0.15, 0.2) is 48.5 Å². The Balaban J connectivity index is 1.81. The van der Waals surface area contributed by atoms with Crippen LogP contribution >= 0.6 is 0 Å². The summed E-state index contributed by atoms with van der Waals surface area (Å²) in [4.78, 5) is 2.34. The van der Waals surface area contributed by atoms with E-state index in [1.807, 2.05) is 24.3 Å². The Hall–Kier alpha value is -2.08. The zero-order valence-electron chi connectivity index (χ0n) is 15.2. The second-order valence-electron chi connectivity index (χ2n) is 7.54. The third-order valence-corrected chi connectivity index (χ3v) is 6.11. The summed E-state index contributed by atoms with van der Waals surface area (Å²) in [6, 6.07) is 15.6. The molecule has 2 aliphatic heterocycles. The van der Waals surface area contributed by atoms with Crippen LogP contribution in [0.1, 0.15) is 17.2 Å². The Morgan fingerprint density at radius 3 is 2.65 bits per heavy atom. The van der Waals surface area contributed by atoms with Gasteiger partial charge in [0.05, 0.1) is 19.3 Å². The predicted octanol–water partition coefficient (Wildman–Crippen LogP) is 2.11. The molecule has 0 unspecified atom stereocenters. The number of nitrogens with zero attached hydrogens (tertiary/aromatic N) is 1. The van der Waals surface area contributed by atoms with Crippen LogP contribution in [0.4, 0.5) is 0 Å². The minimum Gasteiger partial charge on any atom is -0.508 e. The highest BCUT2D eigenvalue weighted by Gasteiger charge is 2.57. The van der Waals surface area contributed by atoms with E-state index >= 15 is 0 Å². The van der Waals surface area contributed by atoms with Gasteiger partial charge in [0.25, 0.3) is 0 Å². The van der Waals surface area contributed by atoms with Gasteiger partial charge in [-0.25, -0.2) is 0 Å². The molecule has 2 heterocycles. The van der Waals surface area contributed by atoms with Gasteiger partial charge in [-0.3, -0.25) is 5.32 Å². The van der Waals surface area contributed by atoms with E-state index in [1.54, 1.807) is 19.2 Å². The first-order valence-electron chi connectivity index (χ1n) is 9.08. The molecule has 0 aromatic heterocycles. The van der Waals surface area contributed by atoms with Crippen molar-refractivity contribution in [2.45, 2.75) is 11.6 Å². The molecule has 0 spiro atoms. The number of aromatic hydroxyl groups is 1. The topological polar surface area (TPSA) is 65.0 Å². The van der Waals surface area contributed by atoms with Gasteiger partial charge < -0.3 is 19.8 Å². The van der Waals surface area contributed by atoms with E-state index in [-0.39, 0.29) is 18.4 Å². The van der Waals surface area contributed by atoms with Crippen LogP contribution in [0, 0.1) is 11.8 Å². The lowest BCUT2D eigenvalue weighted by molar-refractivity contribution is 0.129. The van der Waals surface area contributed by atoms with E-state index in [4.69, 9.17) is 4.74 Å². The number of hydrogen-bond donors (Lipinski definition) is 3. The maximum atomic E-state index is 10.5. The second-order valence-corrected chi connectivity index (χ2v) is 7.54. The molecule has 3 N–H and O–H groups in total. The van der Waals surface area contributed by atoms with Crippen molar-refractivity contribution in [2.75, 3.05) is 33.9 Å². The predicted molar refractivity (Wildman–Crippen MR) is 100 cm³/mol. The van der Waals surface area contributed by atoms with Crippen molar-refractivity contribution in [3.8, 4) is 11.5 Å². The quantitative estimate of drug-likeness (QED) is 0.785. The fourth-order valence-corrected chi connectivity index (χ4v) is 4.94. The molecule has 0 aliphatic carbocycles. The van der Waals surface area contributed by atoms with E-state index in [9.17, 15) is 10.2 Å². The van der Waals surface area contributed by atoms with Gasteiger partial charge in [0.15, 0.2) is 0 Å². The molecule has 0 radical (unpaired) electrons. The molecular formula is C21H26N2O3. The average molecular weight is 354 g/mol. The largest absolute Gasteiger partial charge is 0.508 e. The molecule has 2 aromatic carbocycles. The van der Waals surface area contributed by atoms with Crippen molar-refractivity contribution in [3.05, 3.63) is 59.7 Å². The summed E-state index contributed by atoms with van der Waals surface area (Å²) in [5, 5.41) is 24.1. The van der Waals surface area contributed by atoms with Gasteiger partial charge in [-0.1, -0.05) is 36.4 Å². The lowest BCUT2D eigenvalue weighted by atomic mass is 9.76. The maximum Gasteiger partial charge on any atom is 0.127 e. The number of likely N-dealkylation sites (tertiary alicyclic amines) is 1. The lowest BCUT2D eigenvalue weighted by Gasteiger charge is -2.35. The molecule has 0 bridgehead atoms. The number of aliphatic hydroxyl groups excluding tert-OH is 1. The SMILES string of the molecule is COc1cc(O)ccc1[C@@H]1N[C@@](CO)(c2ccccc2)[C@@H]2CN(C)C[C@@H]21. The van der Waals surface area contributed by atoms with Crippen LogP contribution in [0.3, 0.4) is 0 Å². The molecule has 4 rings (SSSR count). The van der Waals surface area contributed by atoms with E-state index in [1.165, 1.54) is 0 Å². The van der Waals surface area contributed by atoms with Crippen LogP contribution in [-0.4, -0.2) is 49.0 Å². The first kappa shape index (κ1) is 17.3. The van der Waals surface area contributed by atoms with Crippen molar-refractivity contribution < 1.29 is 14.9 Å². The number of fused-ring (bicyclic) bond motifs is 1. The molecular weight excluding hydrogens is 328 g/mol. The summed E-state index contributed by atoms with van der Waals surface area (Å²) >= 11 is 0. The molecule has 26 heavy (non-hydrogen) atoms. The number of phenolic OH excluding ortho intramolecular Hbond substituents is 1. The zero-order valence-corrected chi connectivity index (χ0v) is 15.2. The Labute approximate surface area is 154 Å². The third kappa shape index (κ3) is 2.58. The van der Waals surface area contributed by atoms with Crippen LogP contribution in [0.25, 0.3) is 0 Å². The van der Waals surface area contributed by atoms with Crippen molar-refractivity contribution in [2.24, 2.45) is 11.8 Å². The third-order valence-electron chi connectivity index (χ3n) is 6.11. The summed E-state index contributed by atoms with van der Waals surface area (Å²) < 4.78 is 5.55. The van der Waals surface area contributed by atoms with Crippen molar-refractivity contribution in [3.63, 3.8) is 0 Å². The lowest BCUT2D eigenvalue weighted by Crippen LogP contribution is -2.47. The Morgan fingerprint density at radius 1 is 1.19 bits per heavy atom. The van der Waals surface area contributed by atoms with Crippen LogP contribution in [0.2, 0.25) is 0 Å². The normalized spacial score (nSPS) is 31.1. The summed E-state index contributed by atoms with van der Waals surface area (Å²) in [5.74, 6) is 1.52. The molecule has 2 aromatic rings. The number of aliphatic hydroxyl groups is 1. The number of benzene rings is 2. The summed E-state index contributed by atoms with van der Waals surface area (Å²) in [7, 11) is 3.76. The van der Waals surface area contributed by atoms with Gasteiger partial charge in [0.1, 0.15) is 11.5 Å². The average Bonchev–Trinajstić information content (AvgIpc) is 3.19. The molecule has 0 saturated carbocycles. The van der Waals surface area contributed by atoms with Crippen molar-refractivity contribution in [1.29, 1.82) is 0 Å². The Morgan fingerprint density at radius 2 is 1.96 bits per heavy atom. The van der Waals surface area contributed by atoms with Crippen LogP contribution in [-0.2, 0) is 5.54 Å². The minimum absolute atomic E-state index is 0.0446. The smallest absolute Gasteiger partial charge is 0.127 e. The standard InChI is InChI=1S/C21H26N2O3/c1-23-11-17-18(12-23)21(13-24,14-6-4-3-5-7-14)22-20(17)16-9-8-15(25)10-19(16)26-2/h3-10,17-18,20,22,24-25H,11-13H2,1-2H3/t17-,18+,20-,21-/m0/s1. The van der Waals surface area contributed by atoms with Gasteiger partial charge >= 0.3 is 0 Å². The minimum atomic E-state index is -0.482. The van der Waals surface area contributed by atoms with Gasteiger partial charge in [-0.05, 0) is 24.6 Å². The summed E-state index contributed by atoms with van der Waals surface area (Å²) in [6.45, 7) is 1.94. The molecule has 2 fully saturated rings.